The molecular formula is C15H18FNS. The van der Waals surface area contributed by atoms with Crippen LogP contribution in [0.4, 0.5) is 4.39 Å². The number of rotatable bonds is 4. The molecule has 1 unspecified atom stereocenters. The Kier molecular flexibility index (Phi) is 4.15. The van der Waals surface area contributed by atoms with E-state index < -0.39 is 0 Å². The lowest BCUT2D eigenvalue weighted by Gasteiger charge is -2.20. The van der Waals surface area contributed by atoms with Crippen molar-refractivity contribution in [2.75, 3.05) is 6.54 Å². The van der Waals surface area contributed by atoms with E-state index in [1.807, 2.05) is 26.0 Å². The van der Waals surface area contributed by atoms with Gasteiger partial charge in [0.15, 0.2) is 0 Å². The molecule has 0 spiro atoms. The Morgan fingerprint density at radius 1 is 1.22 bits per heavy atom. The number of benzene rings is 1. The second kappa shape index (κ2) is 5.63. The molecule has 1 aromatic carbocycles. The number of aryl methyl sites for hydroxylation is 2. The largest absolute Gasteiger partial charge is 0.306 e. The quantitative estimate of drug-likeness (QED) is 0.871. The van der Waals surface area contributed by atoms with E-state index in [2.05, 4.69) is 23.0 Å². The van der Waals surface area contributed by atoms with Crippen molar-refractivity contribution in [2.45, 2.75) is 26.8 Å². The van der Waals surface area contributed by atoms with E-state index in [1.54, 1.807) is 17.4 Å². The first-order valence-corrected chi connectivity index (χ1v) is 7.10. The minimum Gasteiger partial charge on any atom is -0.306 e. The third kappa shape index (κ3) is 2.62. The van der Waals surface area contributed by atoms with Gasteiger partial charge in [-0.1, -0.05) is 24.6 Å². The van der Waals surface area contributed by atoms with E-state index in [4.69, 9.17) is 0 Å². The van der Waals surface area contributed by atoms with Crippen LogP contribution in [0.2, 0.25) is 0 Å². The highest BCUT2D eigenvalue weighted by atomic mass is 32.1. The first-order valence-electron chi connectivity index (χ1n) is 6.15. The maximum absolute atomic E-state index is 14.0. The molecule has 0 aliphatic rings. The van der Waals surface area contributed by atoms with E-state index in [9.17, 15) is 4.39 Å². The van der Waals surface area contributed by atoms with Crippen molar-refractivity contribution >= 4 is 11.3 Å². The molecule has 0 bridgehead atoms. The topological polar surface area (TPSA) is 12.0 Å². The average Bonchev–Trinajstić information content (AvgIpc) is 2.76. The lowest BCUT2D eigenvalue weighted by atomic mass is 9.96. The molecule has 0 radical (unpaired) electrons. The van der Waals surface area contributed by atoms with Crippen molar-refractivity contribution in [1.82, 2.24) is 5.32 Å². The van der Waals surface area contributed by atoms with Gasteiger partial charge in [0.2, 0.25) is 0 Å². The Morgan fingerprint density at radius 2 is 2.00 bits per heavy atom. The van der Waals surface area contributed by atoms with Crippen LogP contribution in [0, 0.1) is 19.7 Å². The first-order chi connectivity index (χ1) is 8.63. The Bertz CT molecular complexity index is 533. The fraction of sp³-hybridized carbons (Fsp3) is 0.333. The summed E-state index contributed by atoms with van der Waals surface area (Å²) in [5, 5.41) is 7.58. The van der Waals surface area contributed by atoms with Gasteiger partial charge >= 0.3 is 0 Å². The number of hydrogen-bond acceptors (Lipinski definition) is 2. The lowest BCUT2D eigenvalue weighted by molar-refractivity contribution is 0.558. The fourth-order valence-electron chi connectivity index (χ4n) is 2.14. The lowest BCUT2D eigenvalue weighted by Crippen LogP contribution is -2.23. The summed E-state index contributed by atoms with van der Waals surface area (Å²) in [5.74, 6) is -0.142. The molecule has 3 heteroatoms. The van der Waals surface area contributed by atoms with Crippen molar-refractivity contribution in [2.24, 2.45) is 0 Å². The summed E-state index contributed by atoms with van der Waals surface area (Å²) in [6, 6.07) is 5.24. The smallest absolute Gasteiger partial charge is 0.128 e. The first kappa shape index (κ1) is 13.2. The highest BCUT2D eigenvalue weighted by molar-refractivity contribution is 7.08. The minimum atomic E-state index is -0.142. The van der Waals surface area contributed by atoms with Crippen molar-refractivity contribution in [3.63, 3.8) is 0 Å². The fourth-order valence-corrected chi connectivity index (χ4v) is 3.02. The summed E-state index contributed by atoms with van der Waals surface area (Å²) in [7, 11) is 0. The molecule has 0 amide bonds. The highest BCUT2D eigenvalue weighted by Gasteiger charge is 2.19. The molecule has 18 heavy (non-hydrogen) atoms. The van der Waals surface area contributed by atoms with Crippen molar-refractivity contribution in [1.29, 1.82) is 0 Å². The Hall–Kier alpha value is -1.19. The molecule has 1 N–H and O–H groups in total. The molecule has 96 valence electrons. The van der Waals surface area contributed by atoms with Crippen molar-refractivity contribution < 1.29 is 4.39 Å². The van der Waals surface area contributed by atoms with Crippen molar-refractivity contribution in [3.8, 4) is 0 Å². The summed E-state index contributed by atoms with van der Waals surface area (Å²) in [5.41, 5.74) is 4.21. The van der Waals surface area contributed by atoms with E-state index in [1.165, 1.54) is 11.1 Å². The summed E-state index contributed by atoms with van der Waals surface area (Å²) >= 11 is 1.66. The third-order valence-electron chi connectivity index (χ3n) is 3.08. The Morgan fingerprint density at radius 3 is 2.61 bits per heavy atom. The summed E-state index contributed by atoms with van der Waals surface area (Å²) < 4.78 is 14.0. The van der Waals surface area contributed by atoms with Gasteiger partial charge < -0.3 is 5.32 Å². The van der Waals surface area contributed by atoms with Gasteiger partial charge in [-0.05, 0) is 48.3 Å². The van der Waals surface area contributed by atoms with Gasteiger partial charge in [0.25, 0.3) is 0 Å². The number of halogens is 1. The van der Waals surface area contributed by atoms with Crippen LogP contribution in [-0.2, 0) is 0 Å². The molecule has 1 aromatic heterocycles. The average molecular weight is 263 g/mol. The van der Waals surface area contributed by atoms with Gasteiger partial charge in [-0.3, -0.25) is 0 Å². The van der Waals surface area contributed by atoms with Crippen LogP contribution in [0.3, 0.4) is 0 Å². The Labute approximate surface area is 112 Å². The standard InChI is InChI=1S/C15H18FNS/c1-4-17-15(13-9-18-8-11(13)3)12-7-10(2)5-6-14(12)16/h5-9,15,17H,4H2,1-3H3. The molecule has 0 saturated carbocycles. The monoisotopic (exact) mass is 263 g/mol. The van der Waals surface area contributed by atoms with Gasteiger partial charge in [0.05, 0.1) is 6.04 Å². The number of hydrogen-bond donors (Lipinski definition) is 1. The van der Waals surface area contributed by atoms with Gasteiger partial charge in [0, 0.05) is 5.56 Å². The molecule has 0 aliphatic heterocycles. The second-order valence-electron chi connectivity index (χ2n) is 4.53. The SMILES string of the molecule is CCNC(c1cscc1C)c1cc(C)ccc1F. The van der Waals surface area contributed by atoms with E-state index in [0.717, 1.165) is 17.7 Å². The zero-order valence-corrected chi connectivity index (χ0v) is 11.8. The second-order valence-corrected chi connectivity index (χ2v) is 5.27. The number of thiophene rings is 1. The van der Waals surface area contributed by atoms with Crippen molar-refractivity contribution in [3.05, 3.63) is 57.0 Å². The van der Waals surface area contributed by atoms with Crippen LogP contribution in [0.15, 0.2) is 29.0 Å². The van der Waals surface area contributed by atoms with E-state index in [-0.39, 0.29) is 11.9 Å². The zero-order chi connectivity index (χ0) is 13.1. The van der Waals surface area contributed by atoms with Crippen LogP contribution in [0.5, 0.6) is 0 Å². The van der Waals surface area contributed by atoms with Crippen LogP contribution in [0.1, 0.15) is 35.2 Å². The van der Waals surface area contributed by atoms with Crippen LogP contribution in [0.25, 0.3) is 0 Å². The highest BCUT2D eigenvalue weighted by Crippen LogP contribution is 2.29. The van der Waals surface area contributed by atoms with Crippen LogP contribution < -0.4 is 5.32 Å². The molecule has 1 atom stereocenters. The normalized spacial score (nSPS) is 12.7. The summed E-state index contributed by atoms with van der Waals surface area (Å²) in [4.78, 5) is 0. The molecule has 1 nitrogen and oxygen atoms in total. The molecule has 0 saturated heterocycles. The van der Waals surface area contributed by atoms with E-state index >= 15 is 0 Å². The molecule has 0 fully saturated rings. The predicted octanol–water partition coefficient (Wildman–Crippen LogP) is 4.20. The minimum absolute atomic E-state index is 0.0545. The number of nitrogens with one attached hydrogen (secondary N) is 1. The third-order valence-corrected chi connectivity index (χ3v) is 3.96. The van der Waals surface area contributed by atoms with Gasteiger partial charge in [-0.15, -0.1) is 0 Å². The van der Waals surface area contributed by atoms with E-state index in [0.29, 0.717) is 0 Å². The molecule has 0 aliphatic carbocycles. The molecular weight excluding hydrogens is 245 g/mol. The molecule has 2 rings (SSSR count). The maximum atomic E-state index is 14.0. The van der Waals surface area contributed by atoms with Gasteiger partial charge in [-0.25, -0.2) is 4.39 Å². The van der Waals surface area contributed by atoms with Crippen LogP contribution in [-0.4, -0.2) is 6.54 Å². The van der Waals surface area contributed by atoms with Crippen LogP contribution >= 0.6 is 11.3 Å². The van der Waals surface area contributed by atoms with Gasteiger partial charge in [-0.2, -0.15) is 11.3 Å². The molecule has 1 heterocycles. The summed E-state index contributed by atoms with van der Waals surface area (Å²) in [6.45, 7) is 6.92. The summed E-state index contributed by atoms with van der Waals surface area (Å²) in [6.07, 6.45) is 0. The zero-order valence-electron chi connectivity index (χ0n) is 11.0. The Balaban J connectivity index is 2.48. The predicted molar refractivity (Wildman–Crippen MR) is 75.7 cm³/mol. The van der Waals surface area contributed by atoms with Gasteiger partial charge in [0.1, 0.15) is 5.82 Å². The molecule has 2 aromatic rings. The maximum Gasteiger partial charge on any atom is 0.128 e.